The van der Waals surface area contributed by atoms with Crippen LogP contribution in [0.5, 0.6) is 0 Å². The molecule has 1 saturated heterocycles. The van der Waals surface area contributed by atoms with Gasteiger partial charge in [-0.3, -0.25) is 0 Å². The number of aliphatic hydroxyl groups is 1. The molecule has 2 aromatic rings. The summed E-state index contributed by atoms with van der Waals surface area (Å²) in [6.07, 6.45) is 8.98. The molecular weight excluding hydrogens is 375 g/mol. The van der Waals surface area contributed by atoms with E-state index in [2.05, 4.69) is 12.1 Å². The second-order valence-corrected chi connectivity index (χ2v) is 12.9. The van der Waals surface area contributed by atoms with Crippen LogP contribution in [0.4, 0.5) is 0 Å². The van der Waals surface area contributed by atoms with Crippen LogP contribution in [0.25, 0.3) is 0 Å². The molecule has 3 aliphatic rings. The van der Waals surface area contributed by atoms with Gasteiger partial charge in [0.05, 0.1) is 11.8 Å². The Morgan fingerprint density at radius 3 is 1.66 bits per heavy atom. The molecule has 2 aromatic carbocycles. The van der Waals surface area contributed by atoms with Crippen molar-refractivity contribution in [3.63, 3.8) is 0 Å². The SMILES string of the molecule is O=P1(C(c2ccccc2)C(O)c2ccccc2)C2CCCCC2C2CCCCC21. The molecule has 0 spiro atoms. The van der Waals surface area contributed by atoms with E-state index in [1.54, 1.807) is 0 Å². The Kier molecular flexibility index (Phi) is 5.43. The Labute approximate surface area is 175 Å². The highest BCUT2D eigenvalue weighted by Gasteiger charge is 2.61. The molecule has 0 radical (unpaired) electrons. The monoisotopic (exact) mass is 408 g/mol. The van der Waals surface area contributed by atoms with E-state index >= 15 is 4.57 Å². The zero-order valence-electron chi connectivity index (χ0n) is 17.2. The smallest absolute Gasteiger partial charge is 0.104 e. The molecule has 29 heavy (non-hydrogen) atoms. The van der Waals surface area contributed by atoms with E-state index < -0.39 is 13.2 Å². The van der Waals surface area contributed by atoms with Crippen molar-refractivity contribution in [1.82, 2.24) is 0 Å². The Morgan fingerprint density at radius 1 is 0.690 bits per heavy atom. The average Bonchev–Trinajstić information content (AvgIpc) is 3.05. The van der Waals surface area contributed by atoms with Gasteiger partial charge in [-0.05, 0) is 48.6 Å². The second-order valence-electron chi connectivity index (χ2n) is 9.51. The van der Waals surface area contributed by atoms with Crippen LogP contribution in [0.15, 0.2) is 60.7 Å². The summed E-state index contributed by atoms with van der Waals surface area (Å²) in [5.41, 5.74) is 2.33. The molecule has 154 valence electrons. The maximum absolute atomic E-state index is 15.3. The first-order chi connectivity index (χ1) is 14.2. The lowest BCUT2D eigenvalue weighted by atomic mass is 9.73. The largest absolute Gasteiger partial charge is 0.387 e. The number of benzene rings is 2. The van der Waals surface area contributed by atoms with Gasteiger partial charge in [-0.15, -0.1) is 0 Å². The molecule has 1 aliphatic heterocycles. The average molecular weight is 409 g/mol. The van der Waals surface area contributed by atoms with Crippen molar-refractivity contribution in [1.29, 1.82) is 0 Å². The van der Waals surface area contributed by atoms with Gasteiger partial charge in [-0.1, -0.05) is 86.3 Å². The lowest BCUT2D eigenvalue weighted by Gasteiger charge is -2.39. The standard InChI is InChI=1S/C26H33O2P/c27-25(19-11-3-1-4-12-19)26(20-13-5-2-6-14-20)29(28)23-17-9-7-15-21(23)22-16-8-10-18-24(22)29/h1-6,11-14,21-27H,7-10,15-18H2. The second kappa shape index (κ2) is 8.05. The highest BCUT2D eigenvalue weighted by atomic mass is 31.2. The molecule has 1 heterocycles. The molecule has 3 fully saturated rings. The van der Waals surface area contributed by atoms with Crippen LogP contribution in [-0.2, 0) is 4.57 Å². The predicted octanol–water partition coefficient (Wildman–Crippen LogP) is 6.96. The minimum absolute atomic E-state index is 0.273. The summed E-state index contributed by atoms with van der Waals surface area (Å²) < 4.78 is 15.3. The van der Waals surface area contributed by atoms with Crippen molar-refractivity contribution in [3.8, 4) is 0 Å². The summed E-state index contributed by atoms with van der Waals surface area (Å²) in [6.45, 7) is 0. The quantitative estimate of drug-likeness (QED) is 0.556. The first-order valence-corrected chi connectivity index (χ1v) is 13.5. The lowest BCUT2D eigenvalue weighted by Crippen LogP contribution is -2.26. The van der Waals surface area contributed by atoms with Gasteiger partial charge in [0.1, 0.15) is 7.14 Å². The van der Waals surface area contributed by atoms with Crippen molar-refractivity contribution < 1.29 is 9.67 Å². The highest BCUT2D eigenvalue weighted by Crippen LogP contribution is 2.80. The van der Waals surface area contributed by atoms with Gasteiger partial charge in [-0.25, -0.2) is 0 Å². The van der Waals surface area contributed by atoms with E-state index in [9.17, 15) is 5.11 Å². The molecule has 3 heteroatoms. The van der Waals surface area contributed by atoms with Gasteiger partial charge >= 0.3 is 0 Å². The number of aliphatic hydroxyl groups excluding tert-OH is 1. The molecule has 2 nitrogen and oxygen atoms in total. The zero-order chi connectivity index (χ0) is 19.8. The molecule has 0 amide bonds. The fourth-order valence-electron chi connectivity index (χ4n) is 7.06. The Bertz CT molecular complexity index is 839. The van der Waals surface area contributed by atoms with E-state index in [0.717, 1.165) is 24.0 Å². The Hall–Kier alpha value is -1.37. The van der Waals surface area contributed by atoms with Crippen molar-refractivity contribution in [2.45, 2.75) is 74.4 Å². The lowest BCUT2D eigenvalue weighted by molar-refractivity contribution is 0.169. The normalized spacial score (nSPS) is 36.0. The van der Waals surface area contributed by atoms with Gasteiger partial charge < -0.3 is 9.67 Å². The van der Waals surface area contributed by atoms with Gasteiger partial charge in [0.25, 0.3) is 0 Å². The minimum atomic E-state index is -2.64. The van der Waals surface area contributed by atoms with Crippen LogP contribution in [0.3, 0.4) is 0 Å². The van der Waals surface area contributed by atoms with Gasteiger partial charge in [0, 0.05) is 11.3 Å². The van der Waals surface area contributed by atoms with Crippen LogP contribution < -0.4 is 0 Å². The zero-order valence-corrected chi connectivity index (χ0v) is 18.1. The number of fused-ring (bicyclic) bond motifs is 3. The summed E-state index contributed by atoms with van der Waals surface area (Å²) in [5, 5.41) is 11.7. The van der Waals surface area contributed by atoms with E-state index in [-0.39, 0.29) is 5.66 Å². The van der Waals surface area contributed by atoms with Crippen LogP contribution in [0.2, 0.25) is 0 Å². The fraction of sp³-hybridized carbons (Fsp3) is 0.538. The van der Waals surface area contributed by atoms with E-state index in [4.69, 9.17) is 0 Å². The molecular formula is C26H33O2P. The Morgan fingerprint density at radius 2 is 1.14 bits per heavy atom. The van der Waals surface area contributed by atoms with Crippen molar-refractivity contribution >= 4 is 7.14 Å². The van der Waals surface area contributed by atoms with E-state index in [1.807, 2.05) is 48.5 Å². The summed E-state index contributed by atoms with van der Waals surface area (Å²) in [5.74, 6) is 1.24. The number of rotatable bonds is 4. The van der Waals surface area contributed by atoms with Crippen molar-refractivity contribution in [3.05, 3.63) is 71.8 Å². The van der Waals surface area contributed by atoms with Gasteiger partial charge in [-0.2, -0.15) is 0 Å². The number of hydrogen-bond donors (Lipinski definition) is 1. The summed E-state index contributed by atoms with van der Waals surface area (Å²) in [4.78, 5) is 0. The van der Waals surface area contributed by atoms with Gasteiger partial charge in [0.2, 0.25) is 0 Å². The molecule has 1 N–H and O–H groups in total. The third kappa shape index (κ3) is 3.24. The maximum atomic E-state index is 15.3. The maximum Gasteiger partial charge on any atom is 0.104 e. The Balaban J connectivity index is 1.65. The molecule has 2 aliphatic carbocycles. The molecule has 5 rings (SSSR count). The molecule has 6 atom stereocenters. The molecule has 0 aromatic heterocycles. The third-order valence-electron chi connectivity index (χ3n) is 8.17. The predicted molar refractivity (Wildman–Crippen MR) is 120 cm³/mol. The third-order valence-corrected chi connectivity index (χ3v) is 13.0. The van der Waals surface area contributed by atoms with Crippen LogP contribution in [0, 0.1) is 11.8 Å². The van der Waals surface area contributed by atoms with Crippen LogP contribution in [0.1, 0.15) is 74.3 Å². The van der Waals surface area contributed by atoms with Gasteiger partial charge in [0.15, 0.2) is 0 Å². The van der Waals surface area contributed by atoms with E-state index in [1.165, 1.54) is 38.5 Å². The first kappa shape index (κ1) is 19.6. The minimum Gasteiger partial charge on any atom is -0.387 e. The van der Waals surface area contributed by atoms with Crippen molar-refractivity contribution in [2.75, 3.05) is 0 Å². The number of hydrogen-bond acceptors (Lipinski definition) is 2. The first-order valence-electron chi connectivity index (χ1n) is 11.6. The molecule has 2 saturated carbocycles. The highest BCUT2D eigenvalue weighted by molar-refractivity contribution is 7.66. The fourth-order valence-corrected chi connectivity index (χ4v) is 12.7. The summed E-state index contributed by atoms with van der Waals surface area (Å²) in [7, 11) is -2.64. The topological polar surface area (TPSA) is 37.3 Å². The van der Waals surface area contributed by atoms with Crippen LogP contribution >= 0.6 is 7.14 Å². The molecule has 6 unspecified atom stereocenters. The molecule has 0 bridgehead atoms. The van der Waals surface area contributed by atoms with E-state index in [0.29, 0.717) is 23.2 Å². The van der Waals surface area contributed by atoms with Crippen LogP contribution in [-0.4, -0.2) is 16.4 Å². The summed E-state index contributed by atoms with van der Waals surface area (Å²) in [6, 6.07) is 20.3. The van der Waals surface area contributed by atoms with Crippen molar-refractivity contribution in [2.24, 2.45) is 11.8 Å². The summed E-state index contributed by atoms with van der Waals surface area (Å²) >= 11 is 0.